The molecule has 0 aromatic carbocycles. The van der Waals surface area contributed by atoms with Gasteiger partial charge >= 0.3 is 5.82 Å². The van der Waals surface area contributed by atoms with Gasteiger partial charge in [0.05, 0.1) is 5.69 Å². The summed E-state index contributed by atoms with van der Waals surface area (Å²) in [5, 5.41) is 13.9. The van der Waals surface area contributed by atoms with E-state index >= 15 is 0 Å². The lowest BCUT2D eigenvalue weighted by molar-refractivity contribution is -0.389. The molecule has 1 aliphatic heterocycles. The SMILES string of the molecule is CN(CC1CCCNC1)c1ccc([N+](=O)[O-])nc1. The van der Waals surface area contributed by atoms with E-state index in [1.165, 1.54) is 18.9 Å². The van der Waals surface area contributed by atoms with Gasteiger partial charge in [0.25, 0.3) is 0 Å². The molecule has 1 aliphatic rings. The smallest absolute Gasteiger partial charge is 0.363 e. The van der Waals surface area contributed by atoms with Gasteiger partial charge < -0.3 is 20.3 Å². The summed E-state index contributed by atoms with van der Waals surface area (Å²) in [5.74, 6) is 0.533. The Morgan fingerprint density at radius 3 is 3.00 bits per heavy atom. The highest BCUT2D eigenvalue weighted by Crippen LogP contribution is 2.18. The number of rotatable bonds is 4. The van der Waals surface area contributed by atoms with Gasteiger partial charge in [0.2, 0.25) is 0 Å². The van der Waals surface area contributed by atoms with Crippen LogP contribution < -0.4 is 10.2 Å². The van der Waals surface area contributed by atoms with Crippen LogP contribution in [0, 0.1) is 16.0 Å². The lowest BCUT2D eigenvalue weighted by Gasteiger charge is -2.28. The van der Waals surface area contributed by atoms with Gasteiger partial charge in [0, 0.05) is 19.7 Å². The van der Waals surface area contributed by atoms with Crippen LogP contribution in [0.1, 0.15) is 12.8 Å². The minimum absolute atomic E-state index is 0.105. The van der Waals surface area contributed by atoms with E-state index in [4.69, 9.17) is 0 Å². The standard InChI is InChI=1S/C12H18N4O2/c1-15(9-10-3-2-6-13-7-10)11-4-5-12(14-8-11)16(17)18/h4-5,8,10,13H,2-3,6-7,9H2,1H3. The van der Waals surface area contributed by atoms with Crippen LogP contribution in [-0.4, -0.2) is 36.6 Å². The number of pyridine rings is 1. The number of piperidine rings is 1. The number of anilines is 1. The van der Waals surface area contributed by atoms with Crippen molar-refractivity contribution in [1.82, 2.24) is 10.3 Å². The fraction of sp³-hybridized carbons (Fsp3) is 0.583. The highest BCUT2D eigenvalue weighted by atomic mass is 16.6. The van der Waals surface area contributed by atoms with Gasteiger partial charge in [0.1, 0.15) is 0 Å². The summed E-state index contributed by atoms with van der Waals surface area (Å²) in [6.07, 6.45) is 4.02. The molecule has 0 bridgehead atoms. The van der Waals surface area contributed by atoms with Crippen LogP contribution in [0.5, 0.6) is 0 Å². The third kappa shape index (κ3) is 3.16. The predicted molar refractivity (Wildman–Crippen MR) is 69.8 cm³/mol. The van der Waals surface area contributed by atoms with Crippen LogP contribution in [0.2, 0.25) is 0 Å². The Balaban J connectivity index is 1.95. The van der Waals surface area contributed by atoms with E-state index in [1.54, 1.807) is 12.3 Å². The van der Waals surface area contributed by atoms with E-state index in [-0.39, 0.29) is 5.82 Å². The monoisotopic (exact) mass is 250 g/mol. The molecule has 0 aliphatic carbocycles. The number of aromatic nitrogens is 1. The molecule has 1 unspecified atom stereocenters. The van der Waals surface area contributed by atoms with E-state index in [2.05, 4.69) is 15.2 Å². The average Bonchev–Trinajstić information content (AvgIpc) is 2.40. The largest absolute Gasteiger partial charge is 0.371 e. The van der Waals surface area contributed by atoms with E-state index in [0.717, 1.165) is 25.3 Å². The maximum absolute atomic E-state index is 10.5. The topological polar surface area (TPSA) is 71.3 Å². The molecule has 1 aromatic rings. The molecule has 0 amide bonds. The average molecular weight is 250 g/mol. The predicted octanol–water partition coefficient (Wildman–Crippen LogP) is 1.43. The molecule has 1 fully saturated rings. The second-order valence-corrected chi connectivity index (χ2v) is 4.72. The van der Waals surface area contributed by atoms with Crippen molar-refractivity contribution >= 4 is 11.5 Å². The van der Waals surface area contributed by atoms with Gasteiger partial charge in [-0.15, -0.1) is 0 Å². The Morgan fingerprint density at radius 1 is 1.61 bits per heavy atom. The number of nitro groups is 1. The number of hydrogen-bond acceptors (Lipinski definition) is 5. The molecule has 2 heterocycles. The highest BCUT2D eigenvalue weighted by molar-refractivity contribution is 5.45. The molecule has 0 spiro atoms. The van der Waals surface area contributed by atoms with E-state index in [0.29, 0.717) is 5.92 Å². The lowest BCUT2D eigenvalue weighted by atomic mass is 9.99. The molecule has 98 valence electrons. The Morgan fingerprint density at radius 2 is 2.44 bits per heavy atom. The summed E-state index contributed by atoms with van der Waals surface area (Å²) in [6.45, 7) is 3.11. The first kappa shape index (κ1) is 12.8. The Kier molecular flexibility index (Phi) is 4.09. The fourth-order valence-corrected chi connectivity index (χ4v) is 2.28. The Bertz CT molecular complexity index is 401. The van der Waals surface area contributed by atoms with Crippen LogP contribution in [0.4, 0.5) is 11.5 Å². The summed E-state index contributed by atoms with van der Waals surface area (Å²) in [7, 11) is 2.00. The van der Waals surface area contributed by atoms with E-state index in [1.807, 2.05) is 7.05 Å². The Labute approximate surface area is 106 Å². The van der Waals surface area contributed by atoms with Gasteiger partial charge in [-0.2, -0.15) is 0 Å². The van der Waals surface area contributed by atoms with E-state index in [9.17, 15) is 10.1 Å². The molecule has 1 aromatic heterocycles. The Hall–Kier alpha value is -1.69. The molecule has 1 N–H and O–H groups in total. The van der Waals surface area contributed by atoms with Crippen molar-refractivity contribution in [2.75, 3.05) is 31.6 Å². The maximum atomic E-state index is 10.5. The lowest BCUT2D eigenvalue weighted by Crippen LogP contribution is -2.36. The second-order valence-electron chi connectivity index (χ2n) is 4.72. The quantitative estimate of drug-likeness (QED) is 0.646. The van der Waals surface area contributed by atoms with Crippen molar-refractivity contribution in [2.45, 2.75) is 12.8 Å². The van der Waals surface area contributed by atoms with Crippen molar-refractivity contribution in [3.8, 4) is 0 Å². The van der Waals surface area contributed by atoms with Crippen LogP contribution in [-0.2, 0) is 0 Å². The van der Waals surface area contributed by atoms with Crippen LogP contribution in [0.15, 0.2) is 18.3 Å². The molecule has 6 nitrogen and oxygen atoms in total. The number of nitrogens with zero attached hydrogens (tertiary/aromatic N) is 3. The minimum atomic E-state index is -0.477. The molecule has 6 heteroatoms. The summed E-state index contributed by atoms with van der Waals surface area (Å²) < 4.78 is 0. The van der Waals surface area contributed by atoms with Gasteiger partial charge in [-0.3, -0.25) is 0 Å². The van der Waals surface area contributed by atoms with Gasteiger partial charge in [0.15, 0.2) is 6.20 Å². The molecule has 1 saturated heterocycles. The van der Waals surface area contributed by atoms with Gasteiger partial charge in [-0.1, -0.05) is 0 Å². The van der Waals surface area contributed by atoms with Gasteiger partial charge in [-0.05, 0) is 47.8 Å². The van der Waals surface area contributed by atoms with Crippen molar-refractivity contribution in [2.24, 2.45) is 5.92 Å². The molecule has 0 radical (unpaired) electrons. The first-order chi connectivity index (χ1) is 8.66. The first-order valence-electron chi connectivity index (χ1n) is 6.19. The summed E-state index contributed by atoms with van der Waals surface area (Å²) in [4.78, 5) is 16.0. The molecule has 1 atom stereocenters. The molecular weight excluding hydrogens is 232 g/mol. The zero-order valence-electron chi connectivity index (χ0n) is 10.5. The number of nitrogens with one attached hydrogen (secondary N) is 1. The van der Waals surface area contributed by atoms with Crippen molar-refractivity contribution in [3.05, 3.63) is 28.4 Å². The molecule has 18 heavy (non-hydrogen) atoms. The first-order valence-corrected chi connectivity index (χ1v) is 6.19. The molecule has 2 rings (SSSR count). The second kappa shape index (κ2) is 5.77. The van der Waals surface area contributed by atoms with Crippen molar-refractivity contribution < 1.29 is 4.92 Å². The summed E-state index contributed by atoms with van der Waals surface area (Å²) in [6, 6.07) is 3.20. The van der Waals surface area contributed by atoms with Gasteiger partial charge in [-0.25, -0.2) is 0 Å². The maximum Gasteiger partial charge on any atom is 0.363 e. The zero-order valence-corrected chi connectivity index (χ0v) is 10.5. The third-order valence-electron chi connectivity index (χ3n) is 3.29. The highest BCUT2D eigenvalue weighted by Gasteiger charge is 2.16. The fourth-order valence-electron chi connectivity index (χ4n) is 2.28. The number of hydrogen-bond donors (Lipinski definition) is 1. The summed E-state index contributed by atoms with van der Waals surface area (Å²) in [5.41, 5.74) is 0.922. The van der Waals surface area contributed by atoms with Crippen LogP contribution in [0.25, 0.3) is 0 Å². The summed E-state index contributed by atoms with van der Waals surface area (Å²) >= 11 is 0. The van der Waals surface area contributed by atoms with Crippen LogP contribution >= 0.6 is 0 Å². The van der Waals surface area contributed by atoms with Crippen molar-refractivity contribution in [1.29, 1.82) is 0 Å². The minimum Gasteiger partial charge on any atom is -0.371 e. The zero-order chi connectivity index (χ0) is 13.0. The van der Waals surface area contributed by atoms with Crippen LogP contribution in [0.3, 0.4) is 0 Å². The normalized spacial score (nSPS) is 19.5. The molecule has 0 saturated carbocycles. The van der Waals surface area contributed by atoms with Crippen molar-refractivity contribution in [3.63, 3.8) is 0 Å². The third-order valence-corrected chi connectivity index (χ3v) is 3.29. The van der Waals surface area contributed by atoms with E-state index < -0.39 is 4.92 Å². The molecular formula is C12H18N4O2.